The molecule has 248 valence electrons. The second-order valence-electron chi connectivity index (χ2n) is 14.0. The predicted octanol–water partition coefficient (Wildman–Crippen LogP) is 13.8. The first-order valence-electron chi connectivity index (χ1n) is 18.0. The second kappa shape index (κ2) is 10.8. The molecule has 0 radical (unpaired) electrons. The molecule has 3 nitrogen and oxygen atoms in total. The summed E-state index contributed by atoms with van der Waals surface area (Å²) < 4.78 is 13.3. The van der Waals surface area contributed by atoms with Crippen molar-refractivity contribution in [2.24, 2.45) is 0 Å². The minimum atomic E-state index is -0.460. The third-order valence-corrected chi connectivity index (χ3v) is 12.5. The van der Waals surface area contributed by atoms with Crippen LogP contribution >= 0.6 is 11.8 Å². The van der Waals surface area contributed by atoms with Crippen LogP contribution in [-0.2, 0) is 5.41 Å². The lowest BCUT2D eigenvalue weighted by Gasteiger charge is -2.39. The third kappa shape index (κ3) is 3.91. The molecular formula is C49H29NO2S. The molecule has 0 bridgehead atoms. The Bertz CT molecular complexity index is 3070. The topological polar surface area (TPSA) is 29.5 Å². The van der Waals surface area contributed by atoms with Crippen molar-refractivity contribution in [3.63, 3.8) is 0 Å². The zero-order valence-corrected chi connectivity index (χ0v) is 29.2. The normalized spacial score (nSPS) is 13.7. The number of nitrogens with zero attached hydrogens (tertiary/aromatic N) is 1. The van der Waals surface area contributed by atoms with Gasteiger partial charge in [0.25, 0.3) is 0 Å². The largest absolute Gasteiger partial charge is 0.456 e. The fourth-order valence-corrected chi connectivity index (χ4v) is 10.4. The molecule has 10 aromatic rings. The summed E-state index contributed by atoms with van der Waals surface area (Å²) in [5, 5.41) is 4.41. The van der Waals surface area contributed by atoms with Crippen LogP contribution in [0.5, 0.6) is 0 Å². The van der Waals surface area contributed by atoms with Crippen LogP contribution in [0.2, 0.25) is 0 Å². The fraction of sp³-hybridized carbons (Fsp3) is 0.0204. The van der Waals surface area contributed by atoms with Gasteiger partial charge in [-0.25, -0.2) is 0 Å². The van der Waals surface area contributed by atoms with Crippen molar-refractivity contribution in [3.8, 4) is 11.1 Å². The minimum Gasteiger partial charge on any atom is -0.456 e. The lowest BCUT2D eigenvalue weighted by molar-refractivity contribution is 0.664. The predicted molar refractivity (Wildman–Crippen MR) is 217 cm³/mol. The van der Waals surface area contributed by atoms with Crippen LogP contribution in [0.4, 0.5) is 17.1 Å². The number of anilines is 3. The molecule has 0 saturated heterocycles. The molecule has 53 heavy (non-hydrogen) atoms. The van der Waals surface area contributed by atoms with E-state index >= 15 is 0 Å². The van der Waals surface area contributed by atoms with Gasteiger partial charge in [0.1, 0.15) is 22.3 Å². The zero-order valence-electron chi connectivity index (χ0n) is 28.4. The van der Waals surface area contributed by atoms with E-state index in [1.807, 2.05) is 23.9 Å². The highest BCUT2D eigenvalue weighted by Gasteiger charge is 2.50. The summed E-state index contributed by atoms with van der Waals surface area (Å²) in [4.78, 5) is 4.92. The lowest BCUT2D eigenvalue weighted by Crippen LogP contribution is -2.31. The van der Waals surface area contributed by atoms with E-state index in [0.717, 1.165) is 60.9 Å². The SMILES string of the molecule is c1ccc(N(c2ccc3c(c2)oc2ccccc23)c2cccc3oc4cc5c(cc4c23)-c2ccccc2C52c3ccccc3Sc3ccccc32)cc1. The third-order valence-electron chi connectivity index (χ3n) is 11.3. The van der Waals surface area contributed by atoms with Gasteiger partial charge in [0.05, 0.1) is 16.5 Å². The average molecular weight is 696 g/mol. The van der Waals surface area contributed by atoms with Gasteiger partial charge in [0.2, 0.25) is 0 Å². The number of benzene rings is 8. The van der Waals surface area contributed by atoms with Gasteiger partial charge < -0.3 is 13.7 Å². The maximum atomic E-state index is 6.91. The van der Waals surface area contributed by atoms with Crippen LogP contribution in [-0.4, -0.2) is 0 Å². The van der Waals surface area contributed by atoms with E-state index in [9.17, 15) is 0 Å². The van der Waals surface area contributed by atoms with Gasteiger partial charge in [0, 0.05) is 43.4 Å². The first-order chi connectivity index (χ1) is 26.3. The van der Waals surface area contributed by atoms with Crippen LogP contribution in [0, 0.1) is 0 Å². The van der Waals surface area contributed by atoms with Crippen LogP contribution in [0.1, 0.15) is 22.3 Å². The summed E-state index contributed by atoms with van der Waals surface area (Å²) >= 11 is 1.87. The Balaban J connectivity index is 1.14. The van der Waals surface area contributed by atoms with Crippen LogP contribution < -0.4 is 4.90 Å². The number of rotatable bonds is 3. The molecule has 3 heterocycles. The van der Waals surface area contributed by atoms with Gasteiger partial charge in [0.15, 0.2) is 0 Å². The monoisotopic (exact) mass is 695 g/mol. The second-order valence-corrected chi connectivity index (χ2v) is 15.1. The van der Waals surface area contributed by atoms with Crippen molar-refractivity contribution < 1.29 is 8.83 Å². The van der Waals surface area contributed by atoms with E-state index in [1.165, 1.54) is 43.2 Å². The van der Waals surface area contributed by atoms with Gasteiger partial charge in [-0.1, -0.05) is 115 Å². The summed E-state index contributed by atoms with van der Waals surface area (Å²) in [5.74, 6) is 0. The highest BCUT2D eigenvalue weighted by Crippen LogP contribution is 2.63. The maximum absolute atomic E-state index is 6.91. The van der Waals surface area contributed by atoms with E-state index in [0.29, 0.717) is 0 Å². The molecule has 0 amide bonds. The standard InChI is InChI=1S/C49H29NO2S/c1-2-13-30(14-3-1)50(31-25-26-34-33-16-5-9-21-42(33)51-44(34)27-31)41-20-12-22-43-48(41)36-28-35-32-15-4-6-17-37(32)49(40(35)29-45(36)52-43)38-18-7-10-23-46(38)53-47-24-11-8-19-39(47)49/h1-29H. The quantitative estimate of drug-likeness (QED) is 0.184. The number of furan rings is 2. The van der Waals surface area contributed by atoms with Crippen LogP contribution in [0.15, 0.2) is 195 Å². The molecule has 4 heteroatoms. The first-order valence-corrected chi connectivity index (χ1v) is 18.8. The van der Waals surface area contributed by atoms with E-state index in [4.69, 9.17) is 8.83 Å². The zero-order chi connectivity index (χ0) is 34.7. The van der Waals surface area contributed by atoms with Crippen molar-refractivity contribution in [2.45, 2.75) is 15.2 Å². The molecule has 1 aliphatic carbocycles. The molecule has 0 fully saturated rings. The van der Waals surface area contributed by atoms with E-state index < -0.39 is 5.41 Å². The summed E-state index contributed by atoms with van der Waals surface area (Å²) in [6.45, 7) is 0. The van der Waals surface area contributed by atoms with Gasteiger partial charge in [-0.15, -0.1) is 0 Å². The van der Waals surface area contributed by atoms with Gasteiger partial charge in [-0.3, -0.25) is 0 Å². The van der Waals surface area contributed by atoms with Crippen LogP contribution in [0.25, 0.3) is 55.0 Å². The molecule has 1 spiro atoms. The number of fused-ring (bicyclic) bond motifs is 15. The Hall–Kier alpha value is -6.49. The van der Waals surface area contributed by atoms with Crippen molar-refractivity contribution in [3.05, 3.63) is 198 Å². The smallest absolute Gasteiger partial charge is 0.137 e. The molecule has 0 saturated carbocycles. The number of hydrogen-bond donors (Lipinski definition) is 0. The average Bonchev–Trinajstić information content (AvgIpc) is 3.86. The van der Waals surface area contributed by atoms with Crippen LogP contribution in [0.3, 0.4) is 0 Å². The summed E-state index contributed by atoms with van der Waals surface area (Å²) in [6.07, 6.45) is 0. The van der Waals surface area contributed by atoms with E-state index in [-0.39, 0.29) is 0 Å². The Labute approximate surface area is 309 Å². The molecule has 0 atom stereocenters. The van der Waals surface area contributed by atoms with E-state index in [2.05, 4.69) is 169 Å². The summed E-state index contributed by atoms with van der Waals surface area (Å²) in [5.41, 5.74) is 13.9. The summed E-state index contributed by atoms with van der Waals surface area (Å²) in [7, 11) is 0. The molecule has 1 aliphatic heterocycles. The van der Waals surface area contributed by atoms with Gasteiger partial charge in [-0.05, 0) is 100 Å². The molecular weight excluding hydrogens is 667 g/mol. The van der Waals surface area contributed by atoms with Crippen molar-refractivity contribution in [1.82, 2.24) is 0 Å². The molecule has 2 aliphatic rings. The highest BCUT2D eigenvalue weighted by atomic mass is 32.2. The molecule has 2 aromatic heterocycles. The Morgan fingerprint density at radius 3 is 1.87 bits per heavy atom. The highest BCUT2D eigenvalue weighted by molar-refractivity contribution is 7.99. The number of para-hydroxylation sites is 2. The van der Waals surface area contributed by atoms with Crippen molar-refractivity contribution >= 4 is 72.7 Å². The van der Waals surface area contributed by atoms with Gasteiger partial charge in [-0.2, -0.15) is 0 Å². The van der Waals surface area contributed by atoms with Crippen molar-refractivity contribution in [2.75, 3.05) is 4.90 Å². The Morgan fingerprint density at radius 1 is 0.396 bits per heavy atom. The van der Waals surface area contributed by atoms with Gasteiger partial charge >= 0.3 is 0 Å². The molecule has 12 rings (SSSR count). The Morgan fingerprint density at radius 2 is 1.04 bits per heavy atom. The lowest BCUT2D eigenvalue weighted by atomic mass is 9.67. The number of hydrogen-bond acceptors (Lipinski definition) is 4. The first kappa shape index (κ1) is 29.1. The van der Waals surface area contributed by atoms with E-state index in [1.54, 1.807) is 0 Å². The molecule has 8 aromatic carbocycles. The minimum absolute atomic E-state index is 0.460. The van der Waals surface area contributed by atoms with Crippen molar-refractivity contribution in [1.29, 1.82) is 0 Å². The summed E-state index contributed by atoms with van der Waals surface area (Å²) in [6, 6.07) is 63.4. The fourth-order valence-electron chi connectivity index (χ4n) is 9.20. The maximum Gasteiger partial charge on any atom is 0.137 e. The molecule has 0 unspecified atom stereocenters. The Kier molecular flexibility index (Phi) is 5.92. The molecule has 0 N–H and O–H groups in total.